The fourth-order valence-electron chi connectivity index (χ4n) is 4.17. The van der Waals surface area contributed by atoms with Crippen LogP contribution < -0.4 is 10.6 Å². The highest BCUT2D eigenvalue weighted by Gasteiger charge is 2.36. The molecule has 0 saturated heterocycles. The molecule has 1 aliphatic heterocycles. The zero-order chi connectivity index (χ0) is 23.2. The van der Waals surface area contributed by atoms with Crippen molar-refractivity contribution in [3.8, 4) is 0 Å². The van der Waals surface area contributed by atoms with Crippen molar-refractivity contribution >= 4 is 17.6 Å². The lowest BCUT2D eigenvalue weighted by molar-refractivity contribution is 0.141. The molecule has 2 N–H and O–H groups in total. The summed E-state index contributed by atoms with van der Waals surface area (Å²) >= 11 is 0. The van der Waals surface area contributed by atoms with Crippen molar-refractivity contribution in [2.45, 2.75) is 18.2 Å². The van der Waals surface area contributed by atoms with Gasteiger partial charge in [-0.25, -0.2) is 4.79 Å². The van der Waals surface area contributed by atoms with Crippen LogP contribution in [0.2, 0.25) is 0 Å². The van der Waals surface area contributed by atoms with Gasteiger partial charge in [-0.2, -0.15) is 0 Å². The van der Waals surface area contributed by atoms with Gasteiger partial charge in [0, 0.05) is 11.3 Å². The monoisotopic (exact) mass is 447 g/mol. The van der Waals surface area contributed by atoms with Crippen molar-refractivity contribution in [3.05, 3.63) is 138 Å². The van der Waals surface area contributed by atoms with Gasteiger partial charge >= 0.3 is 6.09 Å². The fourth-order valence-corrected chi connectivity index (χ4v) is 4.17. The summed E-state index contributed by atoms with van der Waals surface area (Å²) in [4.78, 5) is 17.9. The van der Waals surface area contributed by atoms with Gasteiger partial charge in [0.1, 0.15) is 11.9 Å². The number of carbonyl (C=O) groups is 1. The smallest absolute Gasteiger partial charge is 0.412 e. The van der Waals surface area contributed by atoms with Gasteiger partial charge in [0.05, 0.1) is 6.04 Å². The van der Waals surface area contributed by atoms with E-state index in [1.54, 1.807) is 0 Å². The molecule has 0 radical (unpaired) electrons. The molecule has 1 aliphatic rings. The van der Waals surface area contributed by atoms with Crippen molar-refractivity contribution in [2.24, 2.45) is 4.99 Å². The highest BCUT2D eigenvalue weighted by atomic mass is 16.6. The summed E-state index contributed by atoms with van der Waals surface area (Å²) in [6, 6.07) is 39.1. The van der Waals surface area contributed by atoms with Gasteiger partial charge in [-0.3, -0.25) is 10.3 Å². The van der Waals surface area contributed by atoms with E-state index in [9.17, 15) is 4.79 Å². The normalized spacial score (nSPS) is 17.8. The largest absolute Gasteiger partial charge is 0.433 e. The molecular formula is C29H25N3O2. The Morgan fingerprint density at radius 1 is 0.735 bits per heavy atom. The molecular weight excluding hydrogens is 422 g/mol. The van der Waals surface area contributed by atoms with Crippen LogP contribution in [0.4, 0.5) is 10.5 Å². The van der Waals surface area contributed by atoms with Crippen LogP contribution in [0.1, 0.15) is 34.9 Å². The molecule has 5 rings (SSSR count). The first kappa shape index (κ1) is 21.5. The fraction of sp³-hybridized carbons (Fsp3) is 0.103. The third-order valence-corrected chi connectivity index (χ3v) is 5.79. The summed E-state index contributed by atoms with van der Waals surface area (Å²) in [5.74, 6) is 0.622. The molecule has 2 unspecified atom stereocenters. The number of ether oxygens (including phenoxy) is 1. The molecule has 5 nitrogen and oxygen atoms in total. The van der Waals surface area contributed by atoms with Crippen LogP contribution in [0.25, 0.3) is 0 Å². The van der Waals surface area contributed by atoms with Gasteiger partial charge in [-0.15, -0.1) is 0 Å². The minimum Gasteiger partial charge on any atom is -0.433 e. The maximum Gasteiger partial charge on any atom is 0.412 e. The number of para-hydroxylation sites is 1. The number of hydrogen-bond acceptors (Lipinski definition) is 4. The Morgan fingerprint density at radius 3 is 1.88 bits per heavy atom. The number of anilines is 1. The first-order valence-corrected chi connectivity index (χ1v) is 11.3. The lowest BCUT2D eigenvalue weighted by Gasteiger charge is -2.22. The quantitative estimate of drug-likeness (QED) is 0.356. The lowest BCUT2D eigenvalue weighted by atomic mass is 9.95. The number of benzene rings is 4. The first-order chi connectivity index (χ1) is 16.8. The summed E-state index contributed by atoms with van der Waals surface area (Å²) in [5, 5.41) is 6.38. The highest BCUT2D eigenvalue weighted by Crippen LogP contribution is 2.38. The molecule has 5 heteroatoms. The molecule has 0 aromatic heterocycles. The second-order valence-electron chi connectivity index (χ2n) is 8.09. The zero-order valence-corrected chi connectivity index (χ0v) is 18.5. The standard InChI is InChI=1S/C29H25N3O2/c33-29(30-24-19-11-4-12-20-24)34-27(23-17-9-3-10-18-23)28-31-25(21-13-5-1-6-14-21)26(32-28)22-15-7-2-8-16-22/h1-20,25-27H,(H,30,33)(H,31,32)/t25-,26?,27?/m1/s1. The van der Waals surface area contributed by atoms with Crippen molar-refractivity contribution in [1.29, 1.82) is 0 Å². The van der Waals surface area contributed by atoms with E-state index in [-0.39, 0.29) is 12.1 Å². The number of hydrogen-bond donors (Lipinski definition) is 2. The minimum absolute atomic E-state index is 0.0782. The van der Waals surface area contributed by atoms with E-state index >= 15 is 0 Å². The Morgan fingerprint density at radius 2 is 1.26 bits per heavy atom. The second-order valence-corrected chi connectivity index (χ2v) is 8.09. The lowest BCUT2D eigenvalue weighted by Crippen LogP contribution is -2.32. The van der Waals surface area contributed by atoms with E-state index in [2.05, 4.69) is 34.9 Å². The van der Waals surface area contributed by atoms with Crippen LogP contribution in [0.5, 0.6) is 0 Å². The molecule has 0 spiro atoms. The maximum atomic E-state index is 12.8. The summed E-state index contributed by atoms with van der Waals surface area (Å²) in [5.41, 5.74) is 3.73. The van der Waals surface area contributed by atoms with Crippen molar-refractivity contribution < 1.29 is 9.53 Å². The van der Waals surface area contributed by atoms with Gasteiger partial charge in [-0.1, -0.05) is 109 Å². The number of aliphatic imine (C=N–C) groups is 1. The van der Waals surface area contributed by atoms with Crippen LogP contribution in [0.15, 0.2) is 126 Å². The average Bonchev–Trinajstić information content (AvgIpc) is 3.35. The Balaban J connectivity index is 1.48. The third kappa shape index (κ3) is 4.84. The molecule has 0 bridgehead atoms. The Kier molecular flexibility index (Phi) is 6.34. The van der Waals surface area contributed by atoms with Crippen molar-refractivity contribution in [3.63, 3.8) is 0 Å². The van der Waals surface area contributed by atoms with Crippen LogP contribution in [-0.2, 0) is 4.74 Å². The van der Waals surface area contributed by atoms with Gasteiger partial charge in [0.15, 0.2) is 6.10 Å². The number of amides is 1. The SMILES string of the molecule is O=C(Nc1ccccc1)OC(C1=NC(c2ccccc2)[C@@H](c2ccccc2)N1)c1ccccc1. The van der Waals surface area contributed by atoms with E-state index in [4.69, 9.17) is 9.73 Å². The van der Waals surface area contributed by atoms with Gasteiger partial charge in [0.2, 0.25) is 0 Å². The van der Waals surface area contributed by atoms with Gasteiger partial charge in [0.25, 0.3) is 0 Å². The molecule has 0 fully saturated rings. The summed E-state index contributed by atoms with van der Waals surface area (Å²) in [6.45, 7) is 0. The summed E-state index contributed by atoms with van der Waals surface area (Å²) in [7, 11) is 0. The molecule has 0 aliphatic carbocycles. The molecule has 4 aromatic rings. The Bertz CT molecular complexity index is 1250. The predicted molar refractivity (Wildman–Crippen MR) is 135 cm³/mol. The first-order valence-electron chi connectivity index (χ1n) is 11.3. The van der Waals surface area contributed by atoms with Gasteiger partial charge in [-0.05, 0) is 23.3 Å². The molecule has 3 atom stereocenters. The van der Waals surface area contributed by atoms with Crippen LogP contribution in [0.3, 0.4) is 0 Å². The van der Waals surface area contributed by atoms with Crippen LogP contribution in [0, 0.1) is 0 Å². The Hall–Kier alpha value is -4.38. The average molecular weight is 448 g/mol. The van der Waals surface area contributed by atoms with E-state index in [0.29, 0.717) is 11.5 Å². The van der Waals surface area contributed by atoms with E-state index < -0.39 is 12.2 Å². The van der Waals surface area contributed by atoms with E-state index in [1.165, 1.54) is 0 Å². The summed E-state index contributed by atoms with van der Waals surface area (Å²) in [6.07, 6.45) is -1.21. The van der Waals surface area contributed by atoms with Crippen molar-refractivity contribution in [1.82, 2.24) is 5.32 Å². The second kappa shape index (κ2) is 10.0. The van der Waals surface area contributed by atoms with E-state index in [0.717, 1.165) is 16.7 Å². The number of rotatable bonds is 6. The Labute approximate surface area is 199 Å². The molecule has 4 aromatic carbocycles. The summed E-state index contributed by atoms with van der Waals surface area (Å²) < 4.78 is 5.95. The molecule has 0 saturated carbocycles. The highest BCUT2D eigenvalue weighted by molar-refractivity contribution is 5.93. The zero-order valence-electron chi connectivity index (χ0n) is 18.5. The number of nitrogens with one attached hydrogen (secondary N) is 2. The van der Waals surface area contributed by atoms with Crippen LogP contribution >= 0.6 is 0 Å². The molecule has 34 heavy (non-hydrogen) atoms. The van der Waals surface area contributed by atoms with Gasteiger partial charge < -0.3 is 10.1 Å². The van der Waals surface area contributed by atoms with Crippen molar-refractivity contribution in [2.75, 3.05) is 5.32 Å². The topological polar surface area (TPSA) is 62.7 Å². The maximum absolute atomic E-state index is 12.8. The number of carbonyl (C=O) groups excluding carboxylic acids is 1. The third-order valence-electron chi connectivity index (χ3n) is 5.79. The molecule has 1 amide bonds. The van der Waals surface area contributed by atoms with Crippen LogP contribution in [-0.4, -0.2) is 11.9 Å². The van der Waals surface area contributed by atoms with E-state index in [1.807, 2.05) is 97.1 Å². The predicted octanol–water partition coefficient (Wildman–Crippen LogP) is 6.46. The minimum atomic E-state index is -0.676. The molecule has 168 valence electrons. The number of amidine groups is 1. The molecule has 1 heterocycles. The number of nitrogens with zero attached hydrogens (tertiary/aromatic N) is 1.